The van der Waals surface area contributed by atoms with Gasteiger partial charge in [0, 0.05) is 18.8 Å². The number of halogens is 1. The number of aliphatic imine (C=N–C) groups is 1. The minimum Gasteiger partial charge on any atom is -0.357 e. The summed E-state index contributed by atoms with van der Waals surface area (Å²) < 4.78 is 23.3. The van der Waals surface area contributed by atoms with E-state index in [1.807, 2.05) is 13.0 Å². The maximum Gasteiger partial charge on any atom is 0.191 e. The Bertz CT molecular complexity index is 634. The van der Waals surface area contributed by atoms with E-state index < -0.39 is 9.84 Å². The molecule has 0 amide bonds. The highest BCUT2D eigenvalue weighted by Crippen LogP contribution is 2.20. The van der Waals surface area contributed by atoms with E-state index in [2.05, 4.69) is 53.6 Å². The number of benzene rings is 1. The molecule has 27 heavy (non-hydrogen) atoms. The number of nitrogens with zero attached hydrogens (tertiary/aromatic N) is 2. The Balaban J connectivity index is 0.00000676. The van der Waals surface area contributed by atoms with Crippen molar-refractivity contribution >= 4 is 39.8 Å². The van der Waals surface area contributed by atoms with Crippen LogP contribution >= 0.6 is 24.0 Å². The molecule has 0 spiro atoms. The predicted octanol–water partition coefficient (Wildman–Crippen LogP) is 2.68. The van der Waals surface area contributed by atoms with E-state index >= 15 is 0 Å². The fraction of sp³-hybridized carbons (Fsp3) is 0.632. The third-order valence-corrected chi connectivity index (χ3v) is 6.06. The van der Waals surface area contributed by atoms with Gasteiger partial charge in [0.05, 0.1) is 18.3 Å². The van der Waals surface area contributed by atoms with Crippen molar-refractivity contribution in [2.75, 3.05) is 44.2 Å². The molecule has 0 heterocycles. The minimum absolute atomic E-state index is 0. The Morgan fingerprint density at radius 3 is 2.22 bits per heavy atom. The van der Waals surface area contributed by atoms with Gasteiger partial charge in [-0.15, -0.1) is 24.0 Å². The Kier molecular flexibility index (Phi) is 13.7. The molecular weight excluding hydrogens is 475 g/mol. The Morgan fingerprint density at radius 1 is 1.07 bits per heavy atom. The van der Waals surface area contributed by atoms with Crippen LogP contribution in [0.5, 0.6) is 0 Å². The Hall–Kier alpha value is -0.870. The maximum absolute atomic E-state index is 11.6. The predicted molar refractivity (Wildman–Crippen MR) is 126 cm³/mol. The highest BCUT2D eigenvalue weighted by molar-refractivity contribution is 14.0. The topological polar surface area (TPSA) is 73.8 Å². The van der Waals surface area contributed by atoms with E-state index in [-0.39, 0.29) is 41.5 Å². The van der Waals surface area contributed by atoms with E-state index in [9.17, 15) is 8.42 Å². The number of likely N-dealkylation sites (N-methyl/N-ethyl adjacent to an activating group) is 1. The molecule has 0 saturated carbocycles. The molecule has 0 saturated heterocycles. The van der Waals surface area contributed by atoms with Crippen molar-refractivity contribution in [3.05, 3.63) is 35.9 Å². The second-order valence-electron chi connectivity index (χ2n) is 6.03. The van der Waals surface area contributed by atoms with Gasteiger partial charge in [-0.2, -0.15) is 0 Å². The van der Waals surface area contributed by atoms with E-state index in [1.165, 1.54) is 5.56 Å². The third kappa shape index (κ3) is 9.75. The zero-order chi connectivity index (χ0) is 19.4. The molecule has 0 aliphatic heterocycles. The highest BCUT2D eigenvalue weighted by Gasteiger charge is 2.17. The van der Waals surface area contributed by atoms with Crippen LogP contribution in [0.1, 0.15) is 39.3 Å². The lowest BCUT2D eigenvalue weighted by atomic mass is 10.1. The van der Waals surface area contributed by atoms with Gasteiger partial charge in [0.1, 0.15) is 0 Å². The van der Waals surface area contributed by atoms with Crippen molar-refractivity contribution in [3.8, 4) is 0 Å². The average Bonchev–Trinajstić information content (AvgIpc) is 2.65. The van der Waals surface area contributed by atoms with Crippen molar-refractivity contribution in [1.29, 1.82) is 0 Å². The SMILES string of the molecule is CCNC(=NCC(c1ccccc1)N(CC)CC)NCCS(=O)(=O)CC.I. The molecular formula is C19H35IN4O2S. The van der Waals surface area contributed by atoms with Gasteiger partial charge < -0.3 is 10.6 Å². The molecule has 1 aromatic rings. The standard InChI is InChI=1S/C19H34N4O2S.HI/c1-5-20-19(21-14-15-26(24,25)8-4)22-16-18(23(6-2)7-3)17-12-10-9-11-13-17;/h9-13,18H,5-8,14-16H2,1-4H3,(H2,20,21,22);1H. The summed E-state index contributed by atoms with van der Waals surface area (Å²) in [6.07, 6.45) is 0. The number of guanidine groups is 1. The van der Waals surface area contributed by atoms with Gasteiger partial charge in [-0.1, -0.05) is 51.1 Å². The lowest BCUT2D eigenvalue weighted by Crippen LogP contribution is -2.40. The number of hydrogen-bond acceptors (Lipinski definition) is 4. The van der Waals surface area contributed by atoms with Crippen LogP contribution in [0.25, 0.3) is 0 Å². The van der Waals surface area contributed by atoms with E-state index in [0.717, 1.165) is 19.6 Å². The molecule has 0 radical (unpaired) electrons. The molecule has 2 N–H and O–H groups in total. The zero-order valence-corrected chi connectivity index (χ0v) is 20.1. The first-order valence-electron chi connectivity index (χ1n) is 9.48. The summed E-state index contributed by atoms with van der Waals surface area (Å²) in [7, 11) is -2.98. The van der Waals surface area contributed by atoms with Gasteiger partial charge in [-0.25, -0.2) is 8.42 Å². The zero-order valence-electron chi connectivity index (χ0n) is 16.9. The molecule has 156 valence electrons. The molecule has 0 aromatic heterocycles. The average molecular weight is 510 g/mol. The van der Waals surface area contributed by atoms with E-state index in [1.54, 1.807) is 6.92 Å². The van der Waals surface area contributed by atoms with Gasteiger partial charge >= 0.3 is 0 Å². The van der Waals surface area contributed by atoms with Gasteiger partial charge in [0.15, 0.2) is 15.8 Å². The van der Waals surface area contributed by atoms with Gasteiger partial charge in [0.2, 0.25) is 0 Å². The van der Waals surface area contributed by atoms with Crippen LogP contribution in [-0.2, 0) is 9.84 Å². The van der Waals surface area contributed by atoms with Crippen LogP contribution in [-0.4, -0.2) is 63.5 Å². The van der Waals surface area contributed by atoms with Crippen LogP contribution in [0.3, 0.4) is 0 Å². The number of nitrogens with one attached hydrogen (secondary N) is 2. The Labute approximate surface area is 182 Å². The normalized spacial score (nSPS) is 13.1. The van der Waals surface area contributed by atoms with Gasteiger partial charge in [-0.3, -0.25) is 9.89 Å². The van der Waals surface area contributed by atoms with Crippen molar-refractivity contribution in [3.63, 3.8) is 0 Å². The van der Waals surface area contributed by atoms with Gasteiger partial charge in [-0.05, 0) is 25.6 Å². The second-order valence-corrected chi connectivity index (χ2v) is 8.50. The summed E-state index contributed by atoms with van der Waals surface area (Å²) in [5, 5.41) is 6.33. The van der Waals surface area contributed by atoms with E-state index in [0.29, 0.717) is 19.0 Å². The summed E-state index contributed by atoms with van der Waals surface area (Å²) in [5.74, 6) is 0.943. The molecule has 1 atom stereocenters. The van der Waals surface area contributed by atoms with Crippen LogP contribution in [0.2, 0.25) is 0 Å². The molecule has 6 nitrogen and oxygen atoms in total. The largest absolute Gasteiger partial charge is 0.357 e. The first kappa shape index (κ1) is 26.1. The Morgan fingerprint density at radius 2 is 1.70 bits per heavy atom. The summed E-state index contributed by atoms with van der Waals surface area (Å²) in [5.41, 5.74) is 1.24. The molecule has 0 aliphatic rings. The molecule has 1 rings (SSSR count). The van der Waals surface area contributed by atoms with E-state index in [4.69, 9.17) is 4.99 Å². The van der Waals surface area contributed by atoms with Crippen molar-refractivity contribution in [2.24, 2.45) is 4.99 Å². The van der Waals surface area contributed by atoms with Crippen LogP contribution in [0.4, 0.5) is 0 Å². The minimum atomic E-state index is -2.98. The molecule has 8 heteroatoms. The summed E-state index contributed by atoms with van der Waals surface area (Å²) in [6, 6.07) is 10.6. The van der Waals surface area contributed by atoms with Crippen LogP contribution in [0, 0.1) is 0 Å². The summed E-state index contributed by atoms with van der Waals surface area (Å²) in [4.78, 5) is 7.09. The third-order valence-electron chi connectivity index (χ3n) is 4.35. The van der Waals surface area contributed by atoms with Crippen LogP contribution < -0.4 is 10.6 Å². The number of hydrogen-bond donors (Lipinski definition) is 2. The van der Waals surface area contributed by atoms with Crippen molar-refractivity contribution < 1.29 is 8.42 Å². The lowest BCUT2D eigenvalue weighted by Gasteiger charge is -2.29. The van der Waals surface area contributed by atoms with Gasteiger partial charge in [0.25, 0.3) is 0 Å². The van der Waals surface area contributed by atoms with Crippen molar-refractivity contribution in [1.82, 2.24) is 15.5 Å². The van der Waals surface area contributed by atoms with Crippen LogP contribution in [0.15, 0.2) is 35.3 Å². The quantitative estimate of drug-likeness (QED) is 0.272. The molecule has 0 bridgehead atoms. The molecule has 0 fully saturated rings. The second kappa shape index (κ2) is 14.2. The smallest absolute Gasteiger partial charge is 0.191 e. The molecule has 1 aromatic carbocycles. The summed E-state index contributed by atoms with van der Waals surface area (Å²) in [6.45, 7) is 11.6. The lowest BCUT2D eigenvalue weighted by molar-refractivity contribution is 0.224. The number of sulfone groups is 1. The fourth-order valence-corrected chi connectivity index (χ4v) is 3.46. The first-order chi connectivity index (χ1) is 12.5. The first-order valence-corrected chi connectivity index (χ1v) is 11.3. The number of rotatable bonds is 11. The highest BCUT2D eigenvalue weighted by atomic mass is 127. The maximum atomic E-state index is 11.6. The summed E-state index contributed by atoms with van der Waals surface area (Å²) >= 11 is 0. The van der Waals surface area contributed by atoms with Crippen molar-refractivity contribution in [2.45, 2.75) is 33.7 Å². The molecule has 0 aliphatic carbocycles. The fourth-order valence-electron chi connectivity index (χ4n) is 2.76. The monoisotopic (exact) mass is 510 g/mol. The molecule has 1 unspecified atom stereocenters.